The van der Waals surface area contributed by atoms with Crippen molar-refractivity contribution in [1.82, 2.24) is 15.0 Å². The highest BCUT2D eigenvalue weighted by atomic mass is 35.5. The van der Waals surface area contributed by atoms with Crippen LogP contribution in [0.15, 0.2) is 12.4 Å². The van der Waals surface area contributed by atoms with Gasteiger partial charge in [-0.15, -0.1) is 0 Å². The molecule has 2 rings (SSSR count). The summed E-state index contributed by atoms with van der Waals surface area (Å²) in [4.78, 5) is 10.8. The minimum absolute atomic E-state index is 0.346. The van der Waals surface area contributed by atoms with Crippen molar-refractivity contribution in [2.75, 3.05) is 0 Å². The second kappa shape index (κ2) is 2.36. The van der Waals surface area contributed by atoms with E-state index in [-0.39, 0.29) is 0 Å². The molecule has 3 nitrogen and oxygen atoms in total. The summed E-state index contributed by atoms with van der Waals surface area (Å²) < 4.78 is 0. The van der Waals surface area contributed by atoms with E-state index in [4.69, 9.17) is 23.2 Å². The highest BCUT2D eigenvalue weighted by Gasteiger charge is 2.03. The van der Waals surface area contributed by atoms with Crippen molar-refractivity contribution in [3.63, 3.8) is 0 Å². The lowest BCUT2D eigenvalue weighted by molar-refractivity contribution is 1.26. The van der Waals surface area contributed by atoms with E-state index < -0.39 is 0 Å². The predicted molar refractivity (Wildman–Crippen MR) is 43.9 cm³/mol. The van der Waals surface area contributed by atoms with Gasteiger partial charge in [-0.1, -0.05) is 23.2 Å². The number of halogens is 2. The Morgan fingerprint density at radius 2 is 2.18 bits per heavy atom. The lowest BCUT2D eigenvalue weighted by Gasteiger charge is -1.88. The molecule has 0 saturated carbocycles. The topological polar surface area (TPSA) is 41.6 Å². The van der Waals surface area contributed by atoms with Gasteiger partial charge in [0, 0.05) is 6.20 Å². The van der Waals surface area contributed by atoms with Gasteiger partial charge in [-0.3, -0.25) is 0 Å². The summed E-state index contributed by atoms with van der Waals surface area (Å²) in [5.41, 5.74) is 1.26. The van der Waals surface area contributed by atoms with Crippen LogP contribution in [0.5, 0.6) is 0 Å². The molecule has 2 aromatic heterocycles. The van der Waals surface area contributed by atoms with Gasteiger partial charge in [-0.2, -0.15) is 0 Å². The first-order valence-corrected chi connectivity index (χ1v) is 3.68. The van der Waals surface area contributed by atoms with Crippen LogP contribution < -0.4 is 0 Å². The molecular weight excluding hydrogens is 185 g/mol. The molecule has 0 radical (unpaired) electrons. The molecule has 11 heavy (non-hydrogen) atoms. The van der Waals surface area contributed by atoms with E-state index >= 15 is 0 Å². The summed E-state index contributed by atoms with van der Waals surface area (Å²) in [6, 6.07) is 0. The maximum Gasteiger partial charge on any atom is 0.157 e. The van der Waals surface area contributed by atoms with Crippen molar-refractivity contribution in [3.8, 4) is 0 Å². The average molecular weight is 188 g/mol. The van der Waals surface area contributed by atoms with E-state index in [1.54, 1.807) is 6.20 Å². The minimum atomic E-state index is 0.346. The maximum absolute atomic E-state index is 5.75. The summed E-state index contributed by atoms with van der Waals surface area (Å²) in [6.07, 6.45) is 3.10. The van der Waals surface area contributed by atoms with Gasteiger partial charge in [0.05, 0.1) is 11.2 Å². The number of aromatic nitrogens is 3. The van der Waals surface area contributed by atoms with E-state index in [9.17, 15) is 0 Å². The second-order valence-corrected chi connectivity index (χ2v) is 2.82. The molecule has 2 heterocycles. The molecular formula is C6H3Cl2N3. The Hall–Kier alpha value is -0.800. The first-order valence-electron chi connectivity index (χ1n) is 2.92. The van der Waals surface area contributed by atoms with Crippen molar-refractivity contribution < 1.29 is 0 Å². The molecule has 56 valence electrons. The van der Waals surface area contributed by atoms with Crippen LogP contribution in [0.25, 0.3) is 11.2 Å². The number of hydrogen-bond acceptors (Lipinski definition) is 2. The third kappa shape index (κ3) is 1.06. The van der Waals surface area contributed by atoms with E-state index in [0.717, 1.165) is 0 Å². The molecule has 0 aliphatic carbocycles. The van der Waals surface area contributed by atoms with Crippen LogP contribution in [0.1, 0.15) is 0 Å². The molecule has 0 saturated heterocycles. The zero-order valence-electron chi connectivity index (χ0n) is 5.31. The molecule has 0 amide bonds. The molecule has 0 fully saturated rings. The van der Waals surface area contributed by atoms with Crippen molar-refractivity contribution in [3.05, 3.63) is 22.6 Å². The smallest absolute Gasteiger partial charge is 0.157 e. The Labute approximate surface area is 72.4 Å². The number of hydrogen-bond donors (Lipinski definition) is 1. The molecule has 0 aromatic carbocycles. The van der Waals surface area contributed by atoms with Gasteiger partial charge in [-0.05, 0) is 0 Å². The summed E-state index contributed by atoms with van der Waals surface area (Å²) in [7, 11) is 0. The summed E-state index contributed by atoms with van der Waals surface area (Å²) in [5.74, 6) is 0. The average Bonchev–Trinajstić information content (AvgIpc) is 2.33. The molecule has 5 heteroatoms. The Morgan fingerprint density at radius 1 is 1.36 bits per heavy atom. The number of nitrogens with one attached hydrogen (secondary N) is 1. The van der Waals surface area contributed by atoms with Gasteiger partial charge < -0.3 is 4.98 Å². The Kier molecular flexibility index (Phi) is 1.47. The Bertz CT molecular complexity index is 396. The van der Waals surface area contributed by atoms with Gasteiger partial charge in [0.2, 0.25) is 0 Å². The fourth-order valence-corrected chi connectivity index (χ4v) is 1.16. The lowest BCUT2D eigenvalue weighted by atomic mass is 10.5. The SMILES string of the molecule is Clc1cnc2[nH]cc(Cl)c2n1. The molecule has 0 bridgehead atoms. The van der Waals surface area contributed by atoms with Crippen LogP contribution in [0.2, 0.25) is 10.2 Å². The van der Waals surface area contributed by atoms with Crippen molar-refractivity contribution in [2.45, 2.75) is 0 Å². The zero-order valence-corrected chi connectivity index (χ0v) is 6.82. The van der Waals surface area contributed by atoms with E-state index in [1.807, 2.05) is 0 Å². The number of nitrogens with zero attached hydrogens (tertiary/aromatic N) is 2. The minimum Gasteiger partial charge on any atom is -0.343 e. The lowest BCUT2D eigenvalue weighted by Crippen LogP contribution is -1.80. The molecule has 0 atom stereocenters. The van der Waals surface area contributed by atoms with Crippen molar-refractivity contribution in [1.29, 1.82) is 0 Å². The molecule has 0 aliphatic rings. The van der Waals surface area contributed by atoms with Crippen molar-refractivity contribution >= 4 is 34.4 Å². The molecule has 0 unspecified atom stereocenters. The highest BCUT2D eigenvalue weighted by Crippen LogP contribution is 2.19. The summed E-state index contributed by atoms with van der Waals surface area (Å²) in [6.45, 7) is 0. The third-order valence-corrected chi connectivity index (χ3v) is 1.78. The van der Waals surface area contributed by atoms with Gasteiger partial charge in [-0.25, -0.2) is 9.97 Å². The van der Waals surface area contributed by atoms with E-state index in [2.05, 4.69) is 15.0 Å². The molecule has 0 aliphatic heterocycles. The number of H-pyrrole nitrogens is 1. The van der Waals surface area contributed by atoms with Crippen LogP contribution in [0.3, 0.4) is 0 Å². The van der Waals surface area contributed by atoms with E-state index in [0.29, 0.717) is 21.3 Å². The van der Waals surface area contributed by atoms with Gasteiger partial charge in [0.15, 0.2) is 5.65 Å². The monoisotopic (exact) mass is 187 g/mol. The van der Waals surface area contributed by atoms with Crippen LogP contribution in [0, 0.1) is 0 Å². The quantitative estimate of drug-likeness (QED) is 0.688. The van der Waals surface area contributed by atoms with Crippen LogP contribution in [0.4, 0.5) is 0 Å². The Morgan fingerprint density at radius 3 is 3.00 bits per heavy atom. The normalized spacial score (nSPS) is 10.7. The maximum atomic E-state index is 5.75. The molecule has 0 spiro atoms. The number of rotatable bonds is 0. The van der Waals surface area contributed by atoms with E-state index in [1.165, 1.54) is 6.20 Å². The first-order chi connectivity index (χ1) is 5.27. The van der Waals surface area contributed by atoms with Gasteiger partial charge in [0.25, 0.3) is 0 Å². The fraction of sp³-hybridized carbons (Fsp3) is 0. The molecule has 1 N–H and O–H groups in total. The predicted octanol–water partition coefficient (Wildman–Crippen LogP) is 2.26. The van der Waals surface area contributed by atoms with Crippen LogP contribution in [-0.2, 0) is 0 Å². The first kappa shape index (κ1) is 6.88. The molecule has 2 aromatic rings. The fourth-order valence-electron chi connectivity index (χ4n) is 0.840. The van der Waals surface area contributed by atoms with Gasteiger partial charge >= 0.3 is 0 Å². The second-order valence-electron chi connectivity index (χ2n) is 2.03. The highest BCUT2D eigenvalue weighted by molar-refractivity contribution is 6.35. The van der Waals surface area contributed by atoms with Crippen LogP contribution >= 0.6 is 23.2 Å². The Balaban J connectivity index is 2.87. The largest absolute Gasteiger partial charge is 0.343 e. The summed E-state index contributed by atoms with van der Waals surface area (Å²) in [5, 5.41) is 0.883. The summed E-state index contributed by atoms with van der Waals surface area (Å²) >= 11 is 11.4. The number of aromatic amines is 1. The van der Waals surface area contributed by atoms with Crippen molar-refractivity contribution in [2.24, 2.45) is 0 Å². The number of fused-ring (bicyclic) bond motifs is 1. The standard InChI is InChI=1S/C6H3Cl2N3/c7-3-1-9-6-5(3)11-4(8)2-10-6/h1-2H,(H,9,10). The zero-order chi connectivity index (χ0) is 7.84. The van der Waals surface area contributed by atoms with Gasteiger partial charge in [0.1, 0.15) is 10.7 Å². The third-order valence-electron chi connectivity index (χ3n) is 1.30. The van der Waals surface area contributed by atoms with Crippen LogP contribution in [-0.4, -0.2) is 15.0 Å².